The fourth-order valence-corrected chi connectivity index (χ4v) is 3.50. The van der Waals surface area contributed by atoms with Crippen LogP contribution < -0.4 is 0 Å². The molecule has 0 amide bonds. The Morgan fingerprint density at radius 3 is 2.59 bits per heavy atom. The van der Waals surface area contributed by atoms with E-state index in [4.69, 9.17) is 0 Å². The van der Waals surface area contributed by atoms with Crippen molar-refractivity contribution in [3.05, 3.63) is 59.7 Å². The van der Waals surface area contributed by atoms with Crippen molar-refractivity contribution in [3.8, 4) is 0 Å². The maximum atomic E-state index is 13.5. The SMILES string of the molecule is Cn1cccc1CN(Cc1cccc(F)c1)C1CCCCC1. The van der Waals surface area contributed by atoms with Crippen LogP contribution in [0.25, 0.3) is 0 Å². The molecule has 1 saturated carbocycles. The predicted octanol–water partition coefficient (Wildman–Crippen LogP) is 4.50. The number of benzene rings is 1. The monoisotopic (exact) mass is 300 g/mol. The molecule has 1 aromatic heterocycles. The summed E-state index contributed by atoms with van der Waals surface area (Å²) < 4.78 is 15.7. The molecule has 3 rings (SSSR count). The largest absolute Gasteiger partial charge is 0.353 e. The number of hydrogen-bond acceptors (Lipinski definition) is 1. The number of aromatic nitrogens is 1. The van der Waals surface area contributed by atoms with Crippen LogP contribution in [0, 0.1) is 5.82 Å². The minimum atomic E-state index is -0.139. The first kappa shape index (κ1) is 15.3. The average molecular weight is 300 g/mol. The highest BCUT2D eigenvalue weighted by Crippen LogP contribution is 2.25. The van der Waals surface area contributed by atoms with E-state index in [0.29, 0.717) is 6.04 Å². The van der Waals surface area contributed by atoms with Crippen LogP contribution in [0.5, 0.6) is 0 Å². The summed E-state index contributed by atoms with van der Waals surface area (Å²) >= 11 is 0. The summed E-state index contributed by atoms with van der Waals surface area (Å²) in [6, 6.07) is 11.9. The molecule has 0 bridgehead atoms. The lowest BCUT2D eigenvalue weighted by Crippen LogP contribution is -2.36. The van der Waals surface area contributed by atoms with Crippen molar-refractivity contribution in [2.75, 3.05) is 0 Å². The van der Waals surface area contributed by atoms with Crippen LogP contribution >= 0.6 is 0 Å². The van der Waals surface area contributed by atoms with Gasteiger partial charge in [0.1, 0.15) is 5.82 Å². The molecule has 0 radical (unpaired) electrons. The first-order valence-corrected chi connectivity index (χ1v) is 8.31. The quantitative estimate of drug-likeness (QED) is 0.789. The standard InChI is InChI=1S/C19H25FN2/c1-21-12-6-11-19(21)15-22(18-9-3-2-4-10-18)14-16-7-5-8-17(20)13-16/h5-8,11-13,18H,2-4,9-10,14-15H2,1H3. The maximum absolute atomic E-state index is 13.5. The third-order valence-corrected chi connectivity index (χ3v) is 4.78. The second-order valence-electron chi connectivity index (χ2n) is 6.44. The fourth-order valence-electron chi connectivity index (χ4n) is 3.50. The average Bonchev–Trinajstić information content (AvgIpc) is 2.93. The van der Waals surface area contributed by atoms with E-state index in [1.54, 1.807) is 6.07 Å². The Morgan fingerprint density at radius 2 is 1.91 bits per heavy atom. The Balaban J connectivity index is 1.77. The third kappa shape index (κ3) is 3.77. The van der Waals surface area contributed by atoms with E-state index in [9.17, 15) is 4.39 Å². The van der Waals surface area contributed by atoms with E-state index in [1.165, 1.54) is 43.9 Å². The molecule has 0 spiro atoms. The first-order valence-electron chi connectivity index (χ1n) is 8.31. The minimum absolute atomic E-state index is 0.139. The van der Waals surface area contributed by atoms with Crippen molar-refractivity contribution in [2.24, 2.45) is 7.05 Å². The van der Waals surface area contributed by atoms with Gasteiger partial charge < -0.3 is 4.57 Å². The molecule has 1 heterocycles. The Morgan fingerprint density at radius 1 is 1.09 bits per heavy atom. The lowest BCUT2D eigenvalue weighted by atomic mass is 9.93. The summed E-state index contributed by atoms with van der Waals surface area (Å²) in [5.74, 6) is -0.139. The van der Waals surface area contributed by atoms with Crippen molar-refractivity contribution >= 4 is 0 Å². The van der Waals surface area contributed by atoms with E-state index < -0.39 is 0 Å². The summed E-state index contributed by atoms with van der Waals surface area (Å²) in [4.78, 5) is 2.53. The zero-order chi connectivity index (χ0) is 15.4. The molecule has 1 aliphatic rings. The van der Waals surface area contributed by atoms with Crippen molar-refractivity contribution in [1.29, 1.82) is 0 Å². The first-order chi connectivity index (χ1) is 10.7. The van der Waals surface area contributed by atoms with Gasteiger partial charge in [-0.05, 0) is 42.7 Å². The van der Waals surface area contributed by atoms with E-state index in [0.717, 1.165) is 18.7 Å². The second-order valence-corrected chi connectivity index (χ2v) is 6.44. The van der Waals surface area contributed by atoms with Gasteiger partial charge in [-0.1, -0.05) is 31.4 Å². The third-order valence-electron chi connectivity index (χ3n) is 4.78. The van der Waals surface area contributed by atoms with Gasteiger partial charge >= 0.3 is 0 Å². The minimum Gasteiger partial charge on any atom is -0.353 e. The Labute approximate surface area is 132 Å². The van der Waals surface area contributed by atoms with Crippen molar-refractivity contribution in [3.63, 3.8) is 0 Å². The van der Waals surface area contributed by atoms with Crippen LogP contribution in [0.3, 0.4) is 0 Å². The van der Waals surface area contributed by atoms with Gasteiger partial charge in [-0.3, -0.25) is 4.90 Å². The van der Waals surface area contributed by atoms with Crippen LogP contribution in [0.2, 0.25) is 0 Å². The molecule has 3 heteroatoms. The van der Waals surface area contributed by atoms with Crippen molar-refractivity contribution < 1.29 is 4.39 Å². The summed E-state index contributed by atoms with van der Waals surface area (Å²) in [7, 11) is 2.09. The molecule has 0 aliphatic heterocycles. The predicted molar refractivity (Wildman–Crippen MR) is 87.9 cm³/mol. The smallest absolute Gasteiger partial charge is 0.123 e. The molecule has 22 heavy (non-hydrogen) atoms. The highest BCUT2D eigenvalue weighted by molar-refractivity contribution is 5.17. The fraction of sp³-hybridized carbons (Fsp3) is 0.474. The van der Waals surface area contributed by atoms with Crippen LogP contribution in [0.15, 0.2) is 42.6 Å². The topological polar surface area (TPSA) is 8.17 Å². The second kappa shape index (κ2) is 7.10. The van der Waals surface area contributed by atoms with Crippen molar-refractivity contribution in [1.82, 2.24) is 9.47 Å². The molecule has 0 saturated heterocycles. The maximum Gasteiger partial charge on any atom is 0.123 e. The van der Waals surface area contributed by atoms with Gasteiger partial charge in [0, 0.05) is 38.1 Å². The van der Waals surface area contributed by atoms with Crippen LogP contribution in [0.4, 0.5) is 4.39 Å². The zero-order valence-corrected chi connectivity index (χ0v) is 13.3. The highest BCUT2D eigenvalue weighted by atomic mass is 19.1. The molecule has 0 unspecified atom stereocenters. The Hall–Kier alpha value is -1.61. The van der Waals surface area contributed by atoms with Gasteiger partial charge in [0.2, 0.25) is 0 Å². The van der Waals surface area contributed by atoms with Gasteiger partial charge in [-0.25, -0.2) is 4.39 Å². The molecule has 118 valence electrons. The van der Waals surface area contributed by atoms with Crippen LogP contribution in [-0.4, -0.2) is 15.5 Å². The van der Waals surface area contributed by atoms with Crippen LogP contribution in [-0.2, 0) is 20.1 Å². The van der Waals surface area contributed by atoms with E-state index >= 15 is 0 Å². The summed E-state index contributed by atoms with van der Waals surface area (Å²) in [6.07, 6.45) is 8.61. The lowest BCUT2D eigenvalue weighted by Gasteiger charge is -2.34. The Kier molecular flexibility index (Phi) is 4.94. The number of aryl methyl sites for hydroxylation is 1. The molecular weight excluding hydrogens is 275 g/mol. The number of nitrogens with zero attached hydrogens (tertiary/aromatic N) is 2. The molecule has 0 atom stereocenters. The molecule has 2 nitrogen and oxygen atoms in total. The van der Waals surface area contributed by atoms with Gasteiger partial charge in [-0.15, -0.1) is 0 Å². The van der Waals surface area contributed by atoms with E-state index in [1.807, 2.05) is 12.1 Å². The van der Waals surface area contributed by atoms with Gasteiger partial charge in [0.05, 0.1) is 0 Å². The molecular formula is C19H25FN2. The molecule has 0 N–H and O–H groups in total. The summed E-state index contributed by atoms with van der Waals surface area (Å²) in [5, 5.41) is 0. The molecule has 1 aliphatic carbocycles. The number of rotatable bonds is 5. The normalized spacial score (nSPS) is 16.3. The van der Waals surface area contributed by atoms with Gasteiger partial charge in [0.25, 0.3) is 0 Å². The number of halogens is 1. The van der Waals surface area contributed by atoms with Crippen LogP contribution in [0.1, 0.15) is 43.4 Å². The molecule has 1 fully saturated rings. The highest BCUT2D eigenvalue weighted by Gasteiger charge is 2.22. The zero-order valence-electron chi connectivity index (χ0n) is 13.3. The molecule has 2 aromatic rings. The molecule has 1 aromatic carbocycles. The van der Waals surface area contributed by atoms with Gasteiger partial charge in [0.15, 0.2) is 0 Å². The van der Waals surface area contributed by atoms with Crippen molar-refractivity contribution in [2.45, 2.75) is 51.2 Å². The summed E-state index contributed by atoms with van der Waals surface area (Å²) in [5.41, 5.74) is 2.39. The van der Waals surface area contributed by atoms with Gasteiger partial charge in [-0.2, -0.15) is 0 Å². The van der Waals surface area contributed by atoms with E-state index in [-0.39, 0.29) is 5.82 Å². The summed E-state index contributed by atoms with van der Waals surface area (Å²) in [6.45, 7) is 1.76. The Bertz CT molecular complexity index is 599. The number of hydrogen-bond donors (Lipinski definition) is 0. The van der Waals surface area contributed by atoms with E-state index in [2.05, 4.69) is 34.8 Å². The lowest BCUT2D eigenvalue weighted by molar-refractivity contribution is 0.137.